The van der Waals surface area contributed by atoms with Crippen molar-refractivity contribution in [1.82, 2.24) is 15.0 Å². The van der Waals surface area contributed by atoms with Gasteiger partial charge in [-0.1, -0.05) is 38.1 Å². The monoisotopic (exact) mass is 342 g/mol. The molecule has 1 amide bonds. The van der Waals surface area contributed by atoms with Crippen LogP contribution in [-0.2, 0) is 18.4 Å². The maximum atomic E-state index is 11.3. The lowest BCUT2D eigenvalue weighted by Gasteiger charge is -2.14. The summed E-state index contributed by atoms with van der Waals surface area (Å²) in [6, 6.07) is 7.62. The Balaban J connectivity index is 1.56. The minimum absolute atomic E-state index is 0.121. The summed E-state index contributed by atoms with van der Waals surface area (Å²) in [6.07, 6.45) is 2.09. The molecule has 1 aliphatic rings. The van der Waals surface area contributed by atoms with E-state index >= 15 is 0 Å². The van der Waals surface area contributed by atoms with E-state index in [1.165, 1.54) is 0 Å². The van der Waals surface area contributed by atoms with Crippen molar-refractivity contribution < 1.29 is 9.32 Å². The molecule has 0 radical (unpaired) electrons. The summed E-state index contributed by atoms with van der Waals surface area (Å²) >= 11 is 0. The van der Waals surface area contributed by atoms with Crippen LogP contribution in [0.5, 0.6) is 0 Å². The summed E-state index contributed by atoms with van der Waals surface area (Å²) in [4.78, 5) is 18.2. The van der Waals surface area contributed by atoms with E-state index in [1.807, 2.05) is 12.1 Å². The van der Waals surface area contributed by atoms with Gasteiger partial charge in [-0.15, -0.1) is 0 Å². The summed E-state index contributed by atoms with van der Waals surface area (Å²) in [5.41, 5.74) is 6.98. The summed E-state index contributed by atoms with van der Waals surface area (Å²) in [5, 5.41) is 4.11. The van der Waals surface area contributed by atoms with E-state index in [2.05, 4.69) is 41.9 Å². The average molecular weight is 342 g/mol. The quantitative estimate of drug-likeness (QED) is 0.902. The zero-order valence-corrected chi connectivity index (χ0v) is 15.2. The molecule has 2 N–H and O–H groups in total. The molecule has 2 aromatic rings. The van der Waals surface area contributed by atoms with E-state index in [1.54, 1.807) is 6.07 Å². The molecule has 0 spiro atoms. The molecule has 6 heteroatoms. The second-order valence-electron chi connectivity index (χ2n) is 7.92. The third kappa shape index (κ3) is 4.45. The normalized spacial score (nSPS) is 18.6. The van der Waals surface area contributed by atoms with Gasteiger partial charge in [-0.25, -0.2) is 0 Å². The predicted molar refractivity (Wildman–Crippen MR) is 95.0 cm³/mol. The zero-order chi connectivity index (χ0) is 18.0. The number of benzene rings is 1. The Bertz CT molecular complexity index is 748. The number of nitrogens with zero attached hydrogens (tertiary/aromatic N) is 3. The molecule has 2 heterocycles. The predicted octanol–water partition coefficient (Wildman–Crippen LogP) is 2.53. The zero-order valence-electron chi connectivity index (χ0n) is 15.2. The van der Waals surface area contributed by atoms with Gasteiger partial charge in [-0.3, -0.25) is 9.69 Å². The minimum Gasteiger partial charge on any atom is -0.366 e. The Morgan fingerprint density at radius 1 is 1.40 bits per heavy atom. The lowest BCUT2D eigenvalue weighted by molar-refractivity contribution is 0.1000. The summed E-state index contributed by atoms with van der Waals surface area (Å²) in [6.45, 7) is 8.94. The number of amides is 1. The highest BCUT2D eigenvalue weighted by Gasteiger charge is 2.26. The molecule has 3 rings (SSSR count). The van der Waals surface area contributed by atoms with Crippen molar-refractivity contribution in [1.29, 1.82) is 0 Å². The Kier molecular flexibility index (Phi) is 4.90. The van der Waals surface area contributed by atoms with Crippen LogP contribution in [0.2, 0.25) is 0 Å². The maximum Gasteiger partial charge on any atom is 0.248 e. The third-order valence-electron chi connectivity index (χ3n) is 4.58. The van der Waals surface area contributed by atoms with Gasteiger partial charge in [0, 0.05) is 17.5 Å². The molecule has 1 fully saturated rings. The summed E-state index contributed by atoms with van der Waals surface area (Å²) in [7, 11) is 0. The van der Waals surface area contributed by atoms with Gasteiger partial charge in [0.2, 0.25) is 11.8 Å². The number of nitrogens with two attached hydrogens (primary N) is 1. The second-order valence-corrected chi connectivity index (χ2v) is 7.92. The molecule has 1 aromatic carbocycles. The highest BCUT2D eigenvalue weighted by atomic mass is 16.5. The topological polar surface area (TPSA) is 85.3 Å². The minimum atomic E-state index is -0.373. The first kappa shape index (κ1) is 17.6. The van der Waals surface area contributed by atoms with E-state index in [0.717, 1.165) is 43.9 Å². The fraction of sp³-hybridized carbons (Fsp3) is 0.526. The molecular formula is C19H26N4O2. The number of aromatic nitrogens is 2. The van der Waals surface area contributed by atoms with Gasteiger partial charge in [0.15, 0.2) is 5.82 Å². The molecule has 0 aliphatic carbocycles. The number of primary amides is 1. The van der Waals surface area contributed by atoms with E-state index < -0.39 is 0 Å². The van der Waals surface area contributed by atoms with Gasteiger partial charge >= 0.3 is 0 Å². The SMILES string of the molecule is CC(C)(C)c1nc(CN2CC[C@H](Cc3cccc(C(N)=O)c3)C2)no1. The van der Waals surface area contributed by atoms with Gasteiger partial charge in [0.1, 0.15) is 0 Å². The smallest absolute Gasteiger partial charge is 0.248 e. The first-order valence-electron chi connectivity index (χ1n) is 8.75. The van der Waals surface area contributed by atoms with Crippen molar-refractivity contribution in [3.05, 3.63) is 47.1 Å². The van der Waals surface area contributed by atoms with Crippen LogP contribution in [-0.4, -0.2) is 34.0 Å². The Morgan fingerprint density at radius 3 is 2.88 bits per heavy atom. The van der Waals surface area contributed by atoms with Crippen molar-refractivity contribution in [3.8, 4) is 0 Å². The van der Waals surface area contributed by atoms with E-state index in [-0.39, 0.29) is 11.3 Å². The number of carbonyl (C=O) groups is 1. The van der Waals surface area contributed by atoms with Gasteiger partial charge in [-0.2, -0.15) is 4.98 Å². The van der Waals surface area contributed by atoms with Crippen LogP contribution in [0.1, 0.15) is 54.8 Å². The van der Waals surface area contributed by atoms with Crippen molar-refractivity contribution in [3.63, 3.8) is 0 Å². The highest BCUT2D eigenvalue weighted by molar-refractivity contribution is 5.92. The molecule has 0 saturated carbocycles. The lowest BCUT2D eigenvalue weighted by Crippen LogP contribution is -2.21. The number of hydrogen-bond acceptors (Lipinski definition) is 5. The fourth-order valence-corrected chi connectivity index (χ4v) is 3.23. The molecule has 1 atom stereocenters. The first-order valence-corrected chi connectivity index (χ1v) is 8.75. The number of carbonyl (C=O) groups excluding carboxylic acids is 1. The van der Waals surface area contributed by atoms with Crippen molar-refractivity contribution in [2.24, 2.45) is 11.7 Å². The fourth-order valence-electron chi connectivity index (χ4n) is 3.23. The highest BCUT2D eigenvalue weighted by Crippen LogP contribution is 2.24. The molecule has 0 bridgehead atoms. The van der Waals surface area contributed by atoms with E-state index in [0.29, 0.717) is 17.4 Å². The van der Waals surface area contributed by atoms with Gasteiger partial charge < -0.3 is 10.3 Å². The van der Waals surface area contributed by atoms with Crippen LogP contribution < -0.4 is 5.73 Å². The van der Waals surface area contributed by atoms with Crippen molar-refractivity contribution in [2.45, 2.75) is 45.6 Å². The van der Waals surface area contributed by atoms with Crippen LogP contribution in [0.3, 0.4) is 0 Å². The molecule has 1 aliphatic heterocycles. The van der Waals surface area contributed by atoms with Crippen molar-refractivity contribution in [2.75, 3.05) is 13.1 Å². The van der Waals surface area contributed by atoms with Crippen LogP contribution in [0, 0.1) is 5.92 Å². The maximum absolute atomic E-state index is 11.3. The average Bonchev–Trinajstić information content (AvgIpc) is 3.17. The summed E-state index contributed by atoms with van der Waals surface area (Å²) < 4.78 is 5.37. The molecule has 134 valence electrons. The standard InChI is InChI=1S/C19H26N4O2/c1-19(2,3)18-21-16(22-25-18)12-23-8-7-14(11-23)9-13-5-4-6-15(10-13)17(20)24/h4-6,10,14H,7-9,11-12H2,1-3H3,(H2,20,24)/t14-/m1/s1. The molecule has 1 aromatic heterocycles. The second kappa shape index (κ2) is 6.96. The Labute approximate surface area is 148 Å². The Hall–Kier alpha value is -2.21. The van der Waals surface area contributed by atoms with E-state index in [4.69, 9.17) is 10.3 Å². The van der Waals surface area contributed by atoms with E-state index in [9.17, 15) is 4.79 Å². The van der Waals surface area contributed by atoms with Crippen LogP contribution >= 0.6 is 0 Å². The molecule has 25 heavy (non-hydrogen) atoms. The number of likely N-dealkylation sites (tertiary alicyclic amines) is 1. The molecular weight excluding hydrogens is 316 g/mol. The molecule has 1 saturated heterocycles. The number of rotatable bonds is 5. The summed E-state index contributed by atoms with van der Waals surface area (Å²) in [5.74, 6) is 1.63. The van der Waals surface area contributed by atoms with Gasteiger partial charge in [0.25, 0.3) is 0 Å². The largest absolute Gasteiger partial charge is 0.366 e. The van der Waals surface area contributed by atoms with Crippen molar-refractivity contribution >= 4 is 5.91 Å². The molecule has 6 nitrogen and oxygen atoms in total. The van der Waals surface area contributed by atoms with Gasteiger partial charge in [0.05, 0.1) is 6.54 Å². The lowest BCUT2D eigenvalue weighted by atomic mass is 9.97. The van der Waals surface area contributed by atoms with Crippen LogP contribution in [0.15, 0.2) is 28.8 Å². The van der Waals surface area contributed by atoms with Gasteiger partial charge in [-0.05, 0) is 43.0 Å². The molecule has 0 unspecified atom stereocenters. The van der Waals surface area contributed by atoms with Crippen LogP contribution in [0.25, 0.3) is 0 Å². The number of hydrogen-bond donors (Lipinski definition) is 1. The first-order chi connectivity index (χ1) is 11.8. The van der Waals surface area contributed by atoms with Crippen LogP contribution in [0.4, 0.5) is 0 Å². The Morgan fingerprint density at radius 2 is 2.20 bits per heavy atom. The third-order valence-corrected chi connectivity index (χ3v) is 4.58.